The summed E-state index contributed by atoms with van der Waals surface area (Å²) in [5, 5.41) is 6.65. The second-order valence-corrected chi connectivity index (χ2v) is 6.78. The van der Waals surface area contributed by atoms with Gasteiger partial charge in [-0.3, -0.25) is 4.79 Å². The zero-order valence-corrected chi connectivity index (χ0v) is 13.8. The van der Waals surface area contributed by atoms with Crippen LogP contribution in [-0.4, -0.2) is 23.5 Å². The SMILES string of the molecule is CCCNc1cc(C(=O)NC2CCCC2(C)C)cc(Cl)n1. The van der Waals surface area contributed by atoms with Crippen LogP contribution in [-0.2, 0) is 0 Å². The number of carbonyl (C=O) groups is 1. The summed E-state index contributed by atoms with van der Waals surface area (Å²) < 4.78 is 0. The molecule has 1 aliphatic carbocycles. The summed E-state index contributed by atoms with van der Waals surface area (Å²) in [6.07, 6.45) is 4.35. The maximum atomic E-state index is 12.4. The molecule has 0 radical (unpaired) electrons. The van der Waals surface area contributed by atoms with Crippen molar-refractivity contribution in [3.8, 4) is 0 Å². The van der Waals surface area contributed by atoms with Crippen molar-refractivity contribution in [3.63, 3.8) is 0 Å². The molecule has 1 aliphatic rings. The first-order valence-corrected chi connectivity index (χ1v) is 8.02. The van der Waals surface area contributed by atoms with Gasteiger partial charge in [-0.1, -0.05) is 38.8 Å². The fourth-order valence-electron chi connectivity index (χ4n) is 2.81. The van der Waals surface area contributed by atoms with Gasteiger partial charge < -0.3 is 10.6 Å². The van der Waals surface area contributed by atoms with Gasteiger partial charge in [0.05, 0.1) is 0 Å². The van der Waals surface area contributed by atoms with Crippen molar-refractivity contribution in [1.82, 2.24) is 10.3 Å². The summed E-state index contributed by atoms with van der Waals surface area (Å²) in [7, 11) is 0. The standard InChI is InChI=1S/C16H24ClN3O/c1-4-8-18-14-10-11(9-13(17)20-14)15(21)19-12-6-5-7-16(12,2)3/h9-10,12H,4-8H2,1-3H3,(H,18,20)(H,19,21). The van der Waals surface area contributed by atoms with Crippen molar-refractivity contribution < 1.29 is 4.79 Å². The highest BCUT2D eigenvalue weighted by molar-refractivity contribution is 6.29. The average Bonchev–Trinajstić information content (AvgIpc) is 2.75. The van der Waals surface area contributed by atoms with E-state index in [0.717, 1.165) is 25.8 Å². The summed E-state index contributed by atoms with van der Waals surface area (Å²) in [5.41, 5.74) is 0.728. The van der Waals surface area contributed by atoms with Crippen LogP contribution in [0, 0.1) is 5.41 Å². The highest BCUT2D eigenvalue weighted by Crippen LogP contribution is 2.37. The van der Waals surface area contributed by atoms with Crippen molar-refractivity contribution >= 4 is 23.3 Å². The number of aromatic nitrogens is 1. The minimum absolute atomic E-state index is 0.0705. The van der Waals surface area contributed by atoms with Crippen LogP contribution >= 0.6 is 11.6 Å². The Kier molecular flexibility index (Phi) is 5.09. The molecule has 1 saturated carbocycles. The van der Waals surface area contributed by atoms with Gasteiger partial charge in [-0.25, -0.2) is 4.98 Å². The van der Waals surface area contributed by atoms with Crippen LogP contribution in [0.25, 0.3) is 0 Å². The smallest absolute Gasteiger partial charge is 0.251 e. The fourth-order valence-corrected chi connectivity index (χ4v) is 3.02. The number of rotatable bonds is 5. The number of hydrogen-bond donors (Lipinski definition) is 2. The van der Waals surface area contributed by atoms with E-state index < -0.39 is 0 Å². The van der Waals surface area contributed by atoms with Crippen molar-refractivity contribution in [2.75, 3.05) is 11.9 Å². The van der Waals surface area contributed by atoms with Crippen LogP contribution in [0.1, 0.15) is 56.8 Å². The fraction of sp³-hybridized carbons (Fsp3) is 0.625. The number of halogens is 1. The molecule has 21 heavy (non-hydrogen) atoms. The van der Waals surface area contributed by atoms with E-state index >= 15 is 0 Å². The Morgan fingerprint density at radius 1 is 1.48 bits per heavy atom. The van der Waals surface area contributed by atoms with Gasteiger partial charge in [0.15, 0.2) is 0 Å². The first-order chi connectivity index (χ1) is 9.92. The number of anilines is 1. The Bertz CT molecular complexity index is 516. The Morgan fingerprint density at radius 2 is 2.24 bits per heavy atom. The van der Waals surface area contributed by atoms with E-state index in [4.69, 9.17) is 11.6 Å². The van der Waals surface area contributed by atoms with Crippen molar-refractivity contribution in [2.24, 2.45) is 5.41 Å². The average molecular weight is 310 g/mol. The molecule has 0 spiro atoms. The van der Waals surface area contributed by atoms with Gasteiger partial charge in [0.2, 0.25) is 0 Å². The lowest BCUT2D eigenvalue weighted by Crippen LogP contribution is -2.41. The number of pyridine rings is 1. The lowest BCUT2D eigenvalue weighted by molar-refractivity contribution is 0.0910. The highest BCUT2D eigenvalue weighted by Gasteiger charge is 2.35. The van der Waals surface area contributed by atoms with Gasteiger partial charge in [-0.05, 0) is 36.8 Å². The normalized spacial score (nSPS) is 20.3. The molecular weight excluding hydrogens is 286 g/mol. The molecule has 0 aliphatic heterocycles. The third kappa shape index (κ3) is 4.10. The van der Waals surface area contributed by atoms with Crippen LogP contribution in [0.15, 0.2) is 12.1 Å². The van der Waals surface area contributed by atoms with E-state index in [1.165, 1.54) is 6.42 Å². The van der Waals surface area contributed by atoms with E-state index in [9.17, 15) is 4.79 Å². The summed E-state index contributed by atoms with van der Waals surface area (Å²) in [4.78, 5) is 16.6. The van der Waals surface area contributed by atoms with Crippen LogP contribution in [0.5, 0.6) is 0 Å². The lowest BCUT2D eigenvalue weighted by Gasteiger charge is -2.27. The van der Waals surface area contributed by atoms with Gasteiger partial charge in [-0.15, -0.1) is 0 Å². The third-order valence-corrected chi connectivity index (χ3v) is 4.37. The van der Waals surface area contributed by atoms with Gasteiger partial charge in [0, 0.05) is 18.2 Å². The third-order valence-electron chi connectivity index (χ3n) is 4.17. The molecule has 1 fully saturated rings. The second-order valence-electron chi connectivity index (χ2n) is 6.40. The molecule has 1 aromatic rings. The first kappa shape index (κ1) is 16.1. The Labute approximate surface area is 131 Å². The quantitative estimate of drug-likeness (QED) is 0.812. The number of nitrogens with one attached hydrogen (secondary N) is 2. The number of nitrogens with zero attached hydrogens (tertiary/aromatic N) is 1. The molecule has 5 heteroatoms. The molecule has 0 bridgehead atoms. The minimum Gasteiger partial charge on any atom is -0.370 e. The number of hydrogen-bond acceptors (Lipinski definition) is 3. The molecule has 4 nitrogen and oxygen atoms in total. The van der Waals surface area contributed by atoms with E-state index in [1.54, 1.807) is 12.1 Å². The Hall–Kier alpha value is -1.29. The summed E-state index contributed by atoms with van der Waals surface area (Å²) in [6, 6.07) is 3.61. The zero-order chi connectivity index (χ0) is 15.5. The van der Waals surface area contributed by atoms with Crippen LogP contribution in [0.4, 0.5) is 5.82 Å². The maximum Gasteiger partial charge on any atom is 0.251 e. The maximum absolute atomic E-state index is 12.4. The lowest BCUT2D eigenvalue weighted by atomic mass is 9.87. The molecule has 2 rings (SSSR count). The molecular formula is C16H24ClN3O. The number of amides is 1. The first-order valence-electron chi connectivity index (χ1n) is 7.64. The molecule has 1 heterocycles. The topological polar surface area (TPSA) is 54.0 Å². The van der Waals surface area contributed by atoms with Gasteiger partial charge in [0.25, 0.3) is 5.91 Å². The second kappa shape index (κ2) is 6.65. The molecule has 1 amide bonds. The minimum atomic E-state index is -0.0705. The zero-order valence-electron chi connectivity index (χ0n) is 13.0. The molecule has 1 aromatic heterocycles. The molecule has 1 atom stereocenters. The van der Waals surface area contributed by atoms with Crippen LogP contribution in [0.2, 0.25) is 5.15 Å². The van der Waals surface area contributed by atoms with Crippen molar-refractivity contribution in [2.45, 2.75) is 52.5 Å². The molecule has 0 saturated heterocycles. The van der Waals surface area contributed by atoms with E-state index in [0.29, 0.717) is 16.5 Å². The van der Waals surface area contributed by atoms with Crippen molar-refractivity contribution in [3.05, 3.63) is 22.8 Å². The van der Waals surface area contributed by atoms with Crippen molar-refractivity contribution in [1.29, 1.82) is 0 Å². The molecule has 116 valence electrons. The van der Waals surface area contributed by atoms with Crippen LogP contribution in [0.3, 0.4) is 0 Å². The molecule has 1 unspecified atom stereocenters. The van der Waals surface area contributed by atoms with Crippen LogP contribution < -0.4 is 10.6 Å². The molecule has 2 N–H and O–H groups in total. The monoisotopic (exact) mass is 309 g/mol. The van der Waals surface area contributed by atoms with E-state index in [-0.39, 0.29) is 17.4 Å². The van der Waals surface area contributed by atoms with Gasteiger partial charge in [0.1, 0.15) is 11.0 Å². The predicted octanol–water partition coefficient (Wildman–Crippen LogP) is 3.87. The summed E-state index contributed by atoms with van der Waals surface area (Å²) in [5.74, 6) is 0.582. The summed E-state index contributed by atoms with van der Waals surface area (Å²) >= 11 is 6.01. The Morgan fingerprint density at radius 3 is 2.86 bits per heavy atom. The van der Waals surface area contributed by atoms with E-state index in [2.05, 4.69) is 36.4 Å². The van der Waals surface area contributed by atoms with E-state index in [1.807, 2.05) is 0 Å². The summed E-state index contributed by atoms with van der Waals surface area (Å²) in [6.45, 7) is 7.30. The predicted molar refractivity (Wildman–Crippen MR) is 86.9 cm³/mol. The van der Waals surface area contributed by atoms with Gasteiger partial charge in [-0.2, -0.15) is 0 Å². The largest absolute Gasteiger partial charge is 0.370 e. The molecule has 0 aromatic carbocycles. The number of carbonyl (C=O) groups excluding carboxylic acids is 1. The Balaban J connectivity index is 2.10. The highest BCUT2D eigenvalue weighted by atomic mass is 35.5. The van der Waals surface area contributed by atoms with Gasteiger partial charge >= 0.3 is 0 Å².